The molecule has 0 saturated heterocycles. The fourth-order valence-electron chi connectivity index (χ4n) is 4.67. The Kier molecular flexibility index (Phi) is 22.3. The van der Waals surface area contributed by atoms with E-state index in [1.165, 1.54) is 6.92 Å². The molecule has 0 rings (SSSR count). The highest BCUT2D eigenvalue weighted by Gasteiger charge is 2.35. The van der Waals surface area contributed by atoms with Gasteiger partial charge in [0.25, 0.3) is 0 Å². The molecule has 0 aromatic heterocycles. The van der Waals surface area contributed by atoms with Crippen LogP contribution in [0.2, 0.25) is 0 Å². The summed E-state index contributed by atoms with van der Waals surface area (Å²) in [6.45, 7) is 3.96. The van der Waals surface area contributed by atoms with Crippen molar-refractivity contribution >= 4 is 59.2 Å². The molecule has 54 heavy (non-hydrogen) atoms. The molecule has 17 N–H and O–H groups in total. The number of aliphatic carboxylic acids is 2. The van der Waals surface area contributed by atoms with Crippen molar-refractivity contribution in [2.75, 3.05) is 13.2 Å². The molecule has 0 unspecified atom stereocenters. The molecule has 0 aromatic rings. The molecule has 0 aliphatic heterocycles. The first-order chi connectivity index (χ1) is 25.1. The van der Waals surface area contributed by atoms with E-state index in [1.807, 2.05) is 5.32 Å². The molecule has 0 bridgehead atoms. The van der Waals surface area contributed by atoms with Crippen LogP contribution in [-0.4, -0.2) is 130 Å². The molecule has 306 valence electrons. The summed E-state index contributed by atoms with van der Waals surface area (Å²) < 4.78 is 0. The van der Waals surface area contributed by atoms with Gasteiger partial charge in [-0.3, -0.25) is 43.2 Å². The van der Waals surface area contributed by atoms with Crippen LogP contribution in [0, 0.1) is 5.92 Å². The molecular formula is C31H54N10O13. The van der Waals surface area contributed by atoms with Crippen LogP contribution in [0.5, 0.6) is 0 Å². The van der Waals surface area contributed by atoms with Crippen molar-refractivity contribution in [3.8, 4) is 0 Å². The Balaban J connectivity index is 6.33. The second kappa shape index (κ2) is 24.8. The average molecular weight is 775 g/mol. The van der Waals surface area contributed by atoms with Gasteiger partial charge in [0, 0.05) is 6.42 Å². The van der Waals surface area contributed by atoms with Gasteiger partial charge < -0.3 is 70.2 Å². The number of carbonyl (C=O) groups is 10. The third kappa shape index (κ3) is 19.4. The molecule has 23 heteroatoms. The van der Waals surface area contributed by atoms with Crippen molar-refractivity contribution in [1.82, 2.24) is 31.9 Å². The van der Waals surface area contributed by atoms with Crippen LogP contribution in [0.15, 0.2) is 0 Å². The number of aliphatic hydroxyl groups is 1. The maximum Gasteiger partial charge on any atom is 0.328 e. The number of unbranched alkanes of at least 4 members (excludes halogenated alkanes) is 1. The third-order valence-corrected chi connectivity index (χ3v) is 7.49. The van der Waals surface area contributed by atoms with Gasteiger partial charge in [-0.15, -0.1) is 0 Å². The van der Waals surface area contributed by atoms with Crippen LogP contribution in [0.3, 0.4) is 0 Å². The van der Waals surface area contributed by atoms with Crippen LogP contribution in [0.4, 0.5) is 0 Å². The minimum atomic E-state index is -1.82. The largest absolute Gasteiger partial charge is 0.481 e. The first kappa shape index (κ1) is 48.6. The number of carboxylic acids is 2. The van der Waals surface area contributed by atoms with E-state index in [4.69, 9.17) is 33.1 Å². The Morgan fingerprint density at radius 3 is 1.33 bits per heavy atom. The molecule has 7 atom stereocenters. The molecular weight excluding hydrogens is 720 g/mol. The number of carbonyl (C=O) groups excluding carboxylic acids is 8. The summed E-state index contributed by atoms with van der Waals surface area (Å²) in [7, 11) is 0. The van der Waals surface area contributed by atoms with Crippen molar-refractivity contribution in [3.05, 3.63) is 0 Å². The zero-order valence-corrected chi connectivity index (χ0v) is 30.4. The van der Waals surface area contributed by atoms with E-state index in [0.717, 1.165) is 0 Å². The Labute approximate surface area is 310 Å². The first-order valence-corrected chi connectivity index (χ1v) is 17.0. The average Bonchev–Trinajstić information content (AvgIpc) is 3.06. The maximum absolute atomic E-state index is 13.6. The molecule has 0 spiro atoms. The van der Waals surface area contributed by atoms with E-state index in [-0.39, 0.29) is 18.8 Å². The monoisotopic (exact) mass is 774 g/mol. The summed E-state index contributed by atoms with van der Waals surface area (Å²) in [6.07, 6.45) is -1.99. The quantitative estimate of drug-likeness (QED) is 0.0346. The smallest absolute Gasteiger partial charge is 0.328 e. The number of hydrogen-bond acceptors (Lipinski definition) is 13. The van der Waals surface area contributed by atoms with Gasteiger partial charge in [0.2, 0.25) is 47.3 Å². The topological polar surface area (TPSA) is 408 Å². The first-order valence-electron chi connectivity index (χ1n) is 17.0. The van der Waals surface area contributed by atoms with Crippen molar-refractivity contribution < 1.29 is 63.3 Å². The number of hydrogen-bond donors (Lipinski definition) is 13. The van der Waals surface area contributed by atoms with Gasteiger partial charge in [0.1, 0.15) is 36.3 Å². The van der Waals surface area contributed by atoms with Crippen LogP contribution < -0.4 is 54.8 Å². The normalized spacial score (nSPS) is 14.8. The summed E-state index contributed by atoms with van der Waals surface area (Å²) in [5, 5.41) is 41.0. The second-order valence-corrected chi connectivity index (χ2v) is 12.9. The molecule has 0 radical (unpaired) electrons. The van der Waals surface area contributed by atoms with Gasteiger partial charge in [0.15, 0.2) is 0 Å². The van der Waals surface area contributed by atoms with Crippen LogP contribution in [0.25, 0.3) is 0 Å². The zero-order valence-electron chi connectivity index (χ0n) is 30.4. The van der Waals surface area contributed by atoms with Gasteiger partial charge in [-0.25, -0.2) is 4.79 Å². The van der Waals surface area contributed by atoms with Gasteiger partial charge in [-0.1, -0.05) is 13.8 Å². The number of nitrogens with one attached hydrogen (secondary N) is 6. The molecule has 8 amide bonds. The van der Waals surface area contributed by atoms with Crippen LogP contribution >= 0.6 is 0 Å². The zero-order chi connectivity index (χ0) is 41.7. The summed E-state index contributed by atoms with van der Waals surface area (Å²) in [6, 6.07) is -10.7. The lowest BCUT2D eigenvalue weighted by molar-refractivity contribution is -0.144. The van der Waals surface area contributed by atoms with Crippen molar-refractivity contribution in [1.29, 1.82) is 0 Å². The predicted molar refractivity (Wildman–Crippen MR) is 187 cm³/mol. The van der Waals surface area contributed by atoms with Crippen molar-refractivity contribution in [2.24, 2.45) is 28.9 Å². The highest BCUT2D eigenvalue weighted by molar-refractivity contribution is 5.99. The summed E-state index contributed by atoms with van der Waals surface area (Å²) in [5.41, 5.74) is 21.7. The van der Waals surface area contributed by atoms with Gasteiger partial charge in [0.05, 0.1) is 25.5 Å². The number of primary amides is 2. The van der Waals surface area contributed by atoms with E-state index in [2.05, 4.69) is 26.6 Å². The Hall–Kier alpha value is -5.42. The lowest BCUT2D eigenvalue weighted by Gasteiger charge is -2.27. The fraction of sp³-hybridized carbons (Fsp3) is 0.677. The summed E-state index contributed by atoms with van der Waals surface area (Å²) in [4.78, 5) is 125. The summed E-state index contributed by atoms with van der Waals surface area (Å²) >= 11 is 0. The van der Waals surface area contributed by atoms with E-state index >= 15 is 0 Å². The fourth-order valence-corrected chi connectivity index (χ4v) is 4.67. The second-order valence-electron chi connectivity index (χ2n) is 12.9. The maximum atomic E-state index is 13.6. The molecule has 0 fully saturated rings. The number of aliphatic hydroxyl groups excluding tert-OH is 1. The van der Waals surface area contributed by atoms with Crippen molar-refractivity contribution in [2.45, 2.75) is 114 Å². The number of nitrogens with two attached hydrogens (primary N) is 4. The SMILES string of the molecule is CC(C)C[C@H](NC(=O)[C@H](CC(N)=O)NC(=O)[C@H](CCCCN)NC(=O)[C@H](C)N)C(=O)N[C@@H](CC(N)=O)C(=O)N[C@@H](CCC(=O)O)C(=O)N[C@@H](CO)C(=O)O. The van der Waals surface area contributed by atoms with Gasteiger partial charge >= 0.3 is 11.9 Å². The number of carboxylic acid groups (broad SMARTS) is 2. The van der Waals surface area contributed by atoms with E-state index in [0.29, 0.717) is 19.4 Å². The number of amides is 8. The summed E-state index contributed by atoms with van der Waals surface area (Å²) in [5.74, 6) is -11.6. The van der Waals surface area contributed by atoms with Gasteiger partial charge in [-0.05, 0) is 51.5 Å². The molecule has 0 aliphatic carbocycles. The third-order valence-electron chi connectivity index (χ3n) is 7.49. The highest BCUT2D eigenvalue weighted by atomic mass is 16.4. The molecule has 0 aliphatic rings. The number of rotatable bonds is 27. The van der Waals surface area contributed by atoms with E-state index in [1.54, 1.807) is 13.8 Å². The van der Waals surface area contributed by atoms with E-state index in [9.17, 15) is 53.1 Å². The highest BCUT2D eigenvalue weighted by Crippen LogP contribution is 2.09. The standard InChI is InChI=1S/C31H54N10O13/c1-14(2)10-18(38-30(52)20(12-23(35)44)39-26(48)16(6-4-5-9-32)36-25(47)15(3)33)28(50)40-19(11-22(34)43)29(51)37-17(7-8-24(45)46)27(49)41-21(13-42)31(53)54/h14-21,42H,4-13,32-33H2,1-3H3,(H2,34,43)(H2,35,44)(H,36,47)(H,37,51)(H,38,52)(H,39,48)(H,40,50)(H,41,49)(H,45,46)(H,53,54)/t15-,16-,17-,18-,19-,20-,21-/m0/s1. The lowest BCUT2D eigenvalue weighted by Crippen LogP contribution is -2.60. The van der Waals surface area contributed by atoms with E-state index < -0.39 is 134 Å². The minimum absolute atomic E-state index is 0.0918. The Bertz CT molecular complexity index is 1360. The van der Waals surface area contributed by atoms with Crippen molar-refractivity contribution in [3.63, 3.8) is 0 Å². The predicted octanol–water partition coefficient (Wildman–Crippen LogP) is -5.89. The molecule has 0 saturated carbocycles. The van der Waals surface area contributed by atoms with Gasteiger partial charge in [-0.2, -0.15) is 0 Å². The molecule has 0 aromatic carbocycles. The molecule has 23 nitrogen and oxygen atoms in total. The minimum Gasteiger partial charge on any atom is -0.481 e. The Morgan fingerprint density at radius 2 is 0.944 bits per heavy atom. The van der Waals surface area contributed by atoms with Crippen LogP contribution in [-0.2, 0) is 47.9 Å². The lowest BCUT2D eigenvalue weighted by atomic mass is 10.0. The Morgan fingerprint density at radius 1 is 0.556 bits per heavy atom. The van der Waals surface area contributed by atoms with Crippen LogP contribution in [0.1, 0.15) is 72.1 Å². The molecule has 0 heterocycles.